The van der Waals surface area contributed by atoms with Gasteiger partial charge in [0, 0.05) is 0 Å². The predicted octanol–water partition coefficient (Wildman–Crippen LogP) is 9.14. The van der Waals surface area contributed by atoms with E-state index in [4.69, 9.17) is 0 Å². The van der Waals surface area contributed by atoms with E-state index in [1.807, 2.05) is 0 Å². The van der Waals surface area contributed by atoms with Crippen LogP contribution in [-0.2, 0) is 0 Å². The summed E-state index contributed by atoms with van der Waals surface area (Å²) in [7, 11) is 0. The van der Waals surface area contributed by atoms with Crippen LogP contribution in [0, 0.1) is 40.9 Å². The summed E-state index contributed by atoms with van der Waals surface area (Å²) in [6, 6.07) is 0. The highest BCUT2D eigenvalue weighted by atomic mass is 14.5. The maximum atomic E-state index is 4.33. The van der Waals surface area contributed by atoms with Crippen molar-refractivity contribution in [2.75, 3.05) is 0 Å². The molecule has 0 heterocycles. The summed E-state index contributed by atoms with van der Waals surface area (Å²) in [5.41, 5.74) is 5.47. The van der Waals surface area contributed by atoms with Gasteiger partial charge in [-0.3, -0.25) is 0 Å². The summed E-state index contributed by atoms with van der Waals surface area (Å²) in [6.45, 7) is 19.0. The molecule has 6 atom stereocenters. The Morgan fingerprint density at radius 2 is 1.72 bits per heavy atom. The van der Waals surface area contributed by atoms with Crippen LogP contribution in [0.25, 0.3) is 0 Å². The van der Waals surface area contributed by atoms with Crippen molar-refractivity contribution in [2.24, 2.45) is 40.9 Å². The summed E-state index contributed by atoms with van der Waals surface area (Å²) in [5, 5.41) is 0. The topological polar surface area (TPSA) is 0 Å². The van der Waals surface area contributed by atoms with Gasteiger partial charge in [0.05, 0.1) is 0 Å². The lowest BCUT2D eigenvalue weighted by atomic mass is 9.60. The molecule has 0 heteroatoms. The Morgan fingerprint density at radius 1 is 1.03 bits per heavy atom. The molecule has 0 spiro atoms. The smallest absolute Gasteiger partial charge is 0.0143 e. The van der Waals surface area contributed by atoms with Crippen LogP contribution in [0.5, 0.6) is 0 Å². The van der Waals surface area contributed by atoms with Gasteiger partial charge >= 0.3 is 0 Å². The van der Waals surface area contributed by atoms with Crippen LogP contribution in [0.1, 0.15) is 106 Å². The zero-order chi connectivity index (χ0) is 21.2. The zero-order valence-corrected chi connectivity index (χ0v) is 20.4. The lowest BCUT2D eigenvalue weighted by molar-refractivity contribution is 0.0929. The minimum absolute atomic E-state index is 0.557. The molecule has 0 N–H and O–H groups in total. The van der Waals surface area contributed by atoms with Crippen LogP contribution in [0.4, 0.5) is 0 Å². The highest BCUT2D eigenvalue weighted by Crippen LogP contribution is 2.60. The van der Waals surface area contributed by atoms with Crippen molar-refractivity contribution in [1.82, 2.24) is 0 Å². The first-order valence-corrected chi connectivity index (χ1v) is 12.8. The van der Waals surface area contributed by atoms with E-state index in [-0.39, 0.29) is 0 Å². The normalized spacial score (nSPS) is 37.8. The molecule has 0 aromatic carbocycles. The van der Waals surface area contributed by atoms with Crippen LogP contribution in [0.2, 0.25) is 0 Å². The van der Waals surface area contributed by atoms with E-state index in [0.29, 0.717) is 17.3 Å². The Hall–Kier alpha value is -0.780. The Labute approximate surface area is 182 Å². The standard InChI is InChI=1S/C29H48/c1-20(2)10-8-11-21(3)27-15-16-28-26(12-9-17-29(27,28)7)14-13-25-18-22(4)24(6)23(5)19-25/h13-14,20-23,27-28H,6,8-12,15-19H2,1-5,7H3/b26-14+/t21-,22+,23+,27+,28?,29+/m0/s1. The third-order valence-electron chi connectivity index (χ3n) is 9.10. The van der Waals surface area contributed by atoms with E-state index >= 15 is 0 Å². The molecule has 0 radical (unpaired) electrons. The van der Waals surface area contributed by atoms with E-state index in [9.17, 15) is 0 Å². The van der Waals surface area contributed by atoms with Gasteiger partial charge in [-0.2, -0.15) is 0 Å². The largest absolute Gasteiger partial charge is 0.0993 e. The van der Waals surface area contributed by atoms with Gasteiger partial charge in [-0.05, 0) is 85.9 Å². The van der Waals surface area contributed by atoms with Gasteiger partial charge in [0.25, 0.3) is 0 Å². The van der Waals surface area contributed by atoms with Gasteiger partial charge in [-0.15, -0.1) is 0 Å². The molecule has 3 rings (SSSR count). The third-order valence-corrected chi connectivity index (χ3v) is 9.10. The fraction of sp³-hybridized carbons (Fsp3) is 0.793. The Morgan fingerprint density at radius 3 is 2.38 bits per heavy atom. The molecule has 164 valence electrons. The maximum Gasteiger partial charge on any atom is -0.0143 e. The third kappa shape index (κ3) is 5.11. The molecule has 0 amide bonds. The first kappa shape index (κ1) is 22.9. The molecule has 0 aromatic heterocycles. The lowest BCUT2D eigenvalue weighted by Gasteiger charge is -2.44. The molecular formula is C29H48. The number of hydrogen-bond acceptors (Lipinski definition) is 0. The highest BCUT2D eigenvalue weighted by Gasteiger charge is 2.50. The molecular weight excluding hydrogens is 348 g/mol. The summed E-state index contributed by atoms with van der Waals surface area (Å²) >= 11 is 0. The average molecular weight is 397 g/mol. The predicted molar refractivity (Wildman–Crippen MR) is 129 cm³/mol. The van der Waals surface area contributed by atoms with E-state index in [1.165, 1.54) is 69.8 Å². The Balaban J connectivity index is 1.68. The SMILES string of the molecule is C=C1[C@H](C)CC(=C/C=C2\CCC[C@@]3(C)C2CC[C@@H]3[C@@H](C)CCCC(C)C)C[C@H]1C. The van der Waals surface area contributed by atoms with Crippen LogP contribution in [0.3, 0.4) is 0 Å². The van der Waals surface area contributed by atoms with Crippen LogP contribution >= 0.6 is 0 Å². The molecule has 3 aliphatic rings. The van der Waals surface area contributed by atoms with Crippen molar-refractivity contribution >= 4 is 0 Å². The average Bonchev–Trinajstić information content (AvgIpc) is 3.01. The van der Waals surface area contributed by atoms with Gasteiger partial charge in [-0.25, -0.2) is 0 Å². The van der Waals surface area contributed by atoms with Crippen molar-refractivity contribution in [1.29, 1.82) is 0 Å². The molecule has 0 bridgehead atoms. The summed E-state index contributed by atoms with van der Waals surface area (Å²) < 4.78 is 0. The van der Waals surface area contributed by atoms with Crippen LogP contribution in [-0.4, -0.2) is 0 Å². The minimum atomic E-state index is 0.557. The summed E-state index contributed by atoms with van der Waals surface area (Å²) in [6.07, 6.45) is 18.9. The van der Waals surface area contributed by atoms with E-state index < -0.39 is 0 Å². The van der Waals surface area contributed by atoms with Crippen LogP contribution in [0.15, 0.2) is 35.5 Å². The number of allylic oxidation sites excluding steroid dienone is 5. The van der Waals surface area contributed by atoms with Crippen molar-refractivity contribution < 1.29 is 0 Å². The molecule has 3 saturated carbocycles. The van der Waals surface area contributed by atoms with Gasteiger partial charge in [0.15, 0.2) is 0 Å². The second-order valence-corrected chi connectivity index (χ2v) is 11.7. The Bertz CT molecular complexity index is 616. The fourth-order valence-corrected chi connectivity index (χ4v) is 7.24. The molecule has 1 unspecified atom stereocenters. The van der Waals surface area contributed by atoms with Crippen molar-refractivity contribution in [3.8, 4) is 0 Å². The van der Waals surface area contributed by atoms with Gasteiger partial charge < -0.3 is 0 Å². The van der Waals surface area contributed by atoms with Crippen molar-refractivity contribution in [3.05, 3.63) is 35.5 Å². The molecule has 3 aliphatic carbocycles. The number of hydrogen-bond donors (Lipinski definition) is 0. The van der Waals surface area contributed by atoms with Crippen molar-refractivity contribution in [3.63, 3.8) is 0 Å². The quantitative estimate of drug-likeness (QED) is 0.392. The first-order chi connectivity index (χ1) is 13.7. The second-order valence-electron chi connectivity index (χ2n) is 11.7. The van der Waals surface area contributed by atoms with Gasteiger partial charge in [0.1, 0.15) is 0 Å². The fourth-order valence-electron chi connectivity index (χ4n) is 7.24. The molecule has 29 heavy (non-hydrogen) atoms. The van der Waals surface area contributed by atoms with E-state index in [2.05, 4.69) is 60.3 Å². The molecule has 0 aromatic rings. The summed E-state index contributed by atoms with van der Waals surface area (Å²) in [4.78, 5) is 0. The second kappa shape index (κ2) is 9.57. The maximum absolute atomic E-state index is 4.33. The monoisotopic (exact) mass is 396 g/mol. The lowest BCUT2D eigenvalue weighted by Crippen LogP contribution is -2.36. The van der Waals surface area contributed by atoms with Crippen LogP contribution < -0.4 is 0 Å². The Kier molecular flexibility index (Phi) is 7.56. The molecule has 0 nitrogen and oxygen atoms in total. The zero-order valence-electron chi connectivity index (χ0n) is 20.4. The van der Waals surface area contributed by atoms with E-state index in [1.54, 1.807) is 11.1 Å². The molecule has 0 aliphatic heterocycles. The summed E-state index contributed by atoms with van der Waals surface area (Å²) in [5.74, 6) is 4.85. The highest BCUT2D eigenvalue weighted by molar-refractivity contribution is 5.28. The van der Waals surface area contributed by atoms with E-state index in [0.717, 1.165) is 23.7 Å². The van der Waals surface area contributed by atoms with Gasteiger partial charge in [0.2, 0.25) is 0 Å². The first-order valence-electron chi connectivity index (χ1n) is 12.8. The molecule has 3 fully saturated rings. The number of fused-ring (bicyclic) bond motifs is 1. The van der Waals surface area contributed by atoms with Gasteiger partial charge in [-0.1, -0.05) is 96.3 Å². The van der Waals surface area contributed by atoms with Crippen molar-refractivity contribution in [2.45, 2.75) is 106 Å². The number of rotatable bonds is 6. The molecule has 0 saturated heterocycles. The minimum Gasteiger partial charge on any atom is -0.0993 e.